The van der Waals surface area contributed by atoms with E-state index in [-0.39, 0.29) is 11.9 Å². The van der Waals surface area contributed by atoms with Crippen LogP contribution in [-0.2, 0) is 16.6 Å². The Balaban J connectivity index is 1.62. The van der Waals surface area contributed by atoms with E-state index in [2.05, 4.69) is 15.5 Å². The van der Waals surface area contributed by atoms with Gasteiger partial charge in [-0.1, -0.05) is 0 Å². The predicted octanol–water partition coefficient (Wildman–Crippen LogP) is 2.72. The molecule has 3 rings (SSSR count). The second-order valence-corrected chi connectivity index (χ2v) is 6.97. The Kier molecular flexibility index (Phi) is 5.22. The molecule has 7 nitrogen and oxygen atoms in total. The highest BCUT2D eigenvalue weighted by Crippen LogP contribution is 2.26. The number of aromatic nitrogens is 4. The Labute approximate surface area is 148 Å². The third-order valence-electron chi connectivity index (χ3n) is 4.69. The molecule has 2 atom stereocenters. The van der Waals surface area contributed by atoms with Gasteiger partial charge in [0, 0.05) is 37.8 Å². The van der Waals surface area contributed by atoms with Crippen LogP contribution in [0, 0.1) is 13.8 Å². The van der Waals surface area contributed by atoms with Crippen LogP contribution in [0.3, 0.4) is 0 Å². The Bertz CT molecular complexity index is 743. The fourth-order valence-electron chi connectivity index (χ4n) is 3.42. The number of hydrogen-bond donors (Lipinski definition) is 1. The standard InChI is InChI=1S/C18H27N5O2/c1-12-8-13(2)23(20-12)14(3)9-18(24)19-17-10-16(21-22(17)4)15-6-5-7-25-11-15/h8,10,14-15H,5-7,9,11H2,1-4H3,(H,19,24). The fourth-order valence-corrected chi connectivity index (χ4v) is 3.42. The maximum Gasteiger partial charge on any atom is 0.227 e. The summed E-state index contributed by atoms with van der Waals surface area (Å²) in [5, 5.41) is 12.0. The van der Waals surface area contributed by atoms with Crippen molar-refractivity contribution in [1.82, 2.24) is 19.6 Å². The molecule has 1 amide bonds. The first-order chi connectivity index (χ1) is 11.9. The van der Waals surface area contributed by atoms with Gasteiger partial charge in [0.15, 0.2) is 0 Å². The summed E-state index contributed by atoms with van der Waals surface area (Å²) in [6, 6.07) is 3.99. The van der Waals surface area contributed by atoms with E-state index in [4.69, 9.17) is 4.74 Å². The average molecular weight is 345 g/mol. The minimum Gasteiger partial charge on any atom is -0.381 e. The minimum absolute atomic E-state index is 0.00754. The normalized spacial score (nSPS) is 19.0. The topological polar surface area (TPSA) is 74.0 Å². The van der Waals surface area contributed by atoms with Gasteiger partial charge in [0.2, 0.25) is 5.91 Å². The number of carbonyl (C=O) groups is 1. The van der Waals surface area contributed by atoms with Crippen molar-refractivity contribution in [3.63, 3.8) is 0 Å². The molecule has 0 bridgehead atoms. The van der Waals surface area contributed by atoms with Crippen molar-refractivity contribution >= 4 is 11.7 Å². The Morgan fingerprint density at radius 3 is 2.84 bits per heavy atom. The molecule has 1 fully saturated rings. The zero-order valence-electron chi connectivity index (χ0n) is 15.5. The maximum absolute atomic E-state index is 12.4. The zero-order valence-corrected chi connectivity index (χ0v) is 15.5. The lowest BCUT2D eigenvalue weighted by Crippen LogP contribution is -2.20. The molecule has 1 aliphatic heterocycles. The molecule has 1 N–H and O–H groups in total. The molecule has 2 aromatic heterocycles. The lowest BCUT2D eigenvalue weighted by Gasteiger charge is -2.19. The number of ether oxygens (including phenoxy) is 1. The third-order valence-corrected chi connectivity index (χ3v) is 4.69. The van der Waals surface area contributed by atoms with E-state index >= 15 is 0 Å². The van der Waals surface area contributed by atoms with E-state index in [0.29, 0.717) is 18.9 Å². The molecule has 0 aromatic carbocycles. The summed E-state index contributed by atoms with van der Waals surface area (Å²) in [5.41, 5.74) is 3.03. The summed E-state index contributed by atoms with van der Waals surface area (Å²) in [7, 11) is 1.85. The quantitative estimate of drug-likeness (QED) is 0.904. The third kappa shape index (κ3) is 4.10. The van der Waals surface area contributed by atoms with E-state index in [1.807, 2.05) is 44.6 Å². The van der Waals surface area contributed by atoms with Crippen molar-refractivity contribution < 1.29 is 9.53 Å². The molecular formula is C18H27N5O2. The zero-order chi connectivity index (χ0) is 18.0. The monoisotopic (exact) mass is 345 g/mol. The van der Waals surface area contributed by atoms with Crippen LogP contribution in [0.1, 0.15) is 55.2 Å². The molecule has 0 saturated carbocycles. The number of aryl methyl sites for hydroxylation is 3. The van der Waals surface area contributed by atoms with Crippen LogP contribution >= 0.6 is 0 Å². The number of anilines is 1. The summed E-state index contributed by atoms with van der Waals surface area (Å²) in [6.07, 6.45) is 2.51. The number of carbonyl (C=O) groups excluding carboxylic acids is 1. The van der Waals surface area contributed by atoms with Gasteiger partial charge in [-0.15, -0.1) is 0 Å². The highest BCUT2D eigenvalue weighted by molar-refractivity contribution is 5.90. The van der Waals surface area contributed by atoms with E-state index < -0.39 is 0 Å². The van der Waals surface area contributed by atoms with Gasteiger partial charge in [0.25, 0.3) is 0 Å². The highest BCUT2D eigenvalue weighted by Gasteiger charge is 2.21. The molecule has 136 valence electrons. The van der Waals surface area contributed by atoms with Crippen LogP contribution in [0.25, 0.3) is 0 Å². The Morgan fingerprint density at radius 2 is 2.20 bits per heavy atom. The molecule has 1 saturated heterocycles. The molecule has 1 aliphatic rings. The molecular weight excluding hydrogens is 318 g/mol. The van der Waals surface area contributed by atoms with E-state index in [9.17, 15) is 4.79 Å². The Hall–Kier alpha value is -2.15. The fraction of sp³-hybridized carbons (Fsp3) is 0.611. The van der Waals surface area contributed by atoms with Crippen LogP contribution in [0.5, 0.6) is 0 Å². The molecule has 3 heterocycles. The molecule has 25 heavy (non-hydrogen) atoms. The van der Waals surface area contributed by atoms with Crippen molar-refractivity contribution in [2.45, 2.75) is 52.0 Å². The van der Waals surface area contributed by atoms with Gasteiger partial charge in [-0.3, -0.25) is 14.2 Å². The van der Waals surface area contributed by atoms with E-state index in [0.717, 1.165) is 42.3 Å². The lowest BCUT2D eigenvalue weighted by molar-refractivity contribution is -0.116. The van der Waals surface area contributed by atoms with Gasteiger partial charge in [-0.25, -0.2) is 0 Å². The molecule has 2 unspecified atom stereocenters. The van der Waals surface area contributed by atoms with Gasteiger partial charge in [-0.2, -0.15) is 10.2 Å². The van der Waals surface area contributed by atoms with Gasteiger partial charge in [0.05, 0.1) is 24.0 Å². The van der Waals surface area contributed by atoms with E-state index in [1.54, 1.807) is 4.68 Å². The summed E-state index contributed by atoms with van der Waals surface area (Å²) in [5.74, 6) is 1.01. The summed E-state index contributed by atoms with van der Waals surface area (Å²) >= 11 is 0. The SMILES string of the molecule is Cc1cc(C)n(C(C)CC(=O)Nc2cc(C3CCCOC3)nn2C)n1. The maximum atomic E-state index is 12.4. The van der Waals surface area contributed by atoms with Gasteiger partial charge >= 0.3 is 0 Å². The van der Waals surface area contributed by atoms with Crippen molar-refractivity contribution in [3.05, 3.63) is 29.2 Å². The number of nitrogens with zero attached hydrogens (tertiary/aromatic N) is 4. The van der Waals surface area contributed by atoms with Crippen molar-refractivity contribution in [1.29, 1.82) is 0 Å². The Morgan fingerprint density at radius 1 is 1.40 bits per heavy atom. The smallest absolute Gasteiger partial charge is 0.227 e. The van der Waals surface area contributed by atoms with Gasteiger partial charge in [-0.05, 0) is 39.7 Å². The first kappa shape index (κ1) is 17.7. The summed E-state index contributed by atoms with van der Waals surface area (Å²) < 4.78 is 9.17. The molecule has 2 aromatic rings. The minimum atomic E-state index is -0.0329. The largest absolute Gasteiger partial charge is 0.381 e. The molecule has 0 radical (unpaired) electrons. The molecule has 7 heteroatoms. The molecule has 0 spiro atoms. The van der Waals surface area contributed by atoms with Crippen LogP contribution in [0.15, 0.2) is 12.1 Å². The lowest BCUT2D eigenvalue weighted by atomic mass is 9.99. The number of hydrogen-bond acceptors (Lipinski definition) is 4. The van der Waals surface area contributed by atoms with Crippen LogP contribution in [0.2, 0.25) is 0 Å². The molecule has 0 aliphatic carbocycles. The first-order valence-corrected chi connectivity index (χ1v) is 8.88. The number of rotatable bonds is 5. The second-order valence-electron chi connectivity index (χ2n) is 6.97. The van der Waals surface area contributed by atoms with Crippen LogP contribution in [0.4, 0.5) is 5.82 Å². The average Bonchev–Trinajstić information content (AvgIpc) is 3.10. The van der Waals surface area contributed by atoms with Gasteiger partial charge < -0.3 is 10.1 Å². The van der Waals surface area contributed by atoms with Crippen LogP contribution < -0.4 is 5.32 Å². The summed E-state index contributed by atoms with van der Waals surface area (Å²) in [4.78, 5) is 12.4. The highest BCUT2D eigenvalue weighted by atomic mass is 16.5. The first-order valence-electron chi connectivity index (χ1n) is 8.88. The number of amides is 1. The van der Waals surface area contributed by atoms with Crippen molar-refractivity contribution in [2.75, 3.05) is 18.5 Å². The summed E-state index contributed by atoms with van der Waals surface area (Å²) in [6.45, 7) is 7.51. The number of nitrogens with one attached hydrogen (secondary N) is 1. The van der Waals surface area contributed by atoms with Gasteiger partial charge in [0.1, 0.15) is 5.82 Å². The van der Waals surface area contributed by atoms with Crippen LogP contribution in [-0.4, -0.2) is 38.7 Å². The predicted molar refractivity (Wildman–Crippen MR) is 95.7 cm³/mol. The second kappa shape index (κ2) is 7.39. The van der Waals surface area contributed by atoms with E-state index in [1.165, 1.54) is 0 Å². The van der Waals surface area contributed by atoms with Crippen molar-refractivity contribution in [2.24, 2.45) is 7.05 Å². The van der Waals surface area contributed by atoms with Crippen molar-refractivity contribution in [3.8, 4) is 0 Å².